The molecule has 1 aliphatic heterocycles. The van der Waals surface area contributed by atoms with Crippen LogP contribution in [0.4, 0.5) is 5.69 Å². The van der Waals surface area contributed by atoms with E-state index >= 15 is 0 Å². The van der Waals surface area contributed by atoms with E-state index in [-0.39, 0.29) is 53.0 Å². The third kappa shape index (κ3) is 4.07. The summed E-state index contributed by atoms with van der Waals surface area (Å²) in [6.07, 6.45) is 7.17. The summed E-state index contributed by atoms with van der Waals surface area (Å²) in [5.74, 6) is -2.23. The first kappa shape index (κ1) is 27.7. The molecule has 41 heavy (non-hydrogen) atoms. The molecule has 5 aliphatic rings. The number of aliphatic hydroxyl groups excluding tert-OH is 1. The highest BCUT2D eigenvalue weighted by Crippen LogP contribution is 2.67. The average molecular weight is 562 g/mol. The number of allylic oxidation sites excluding steroid dienone is 1. The zero-order valence-electron chi connectivity index (χ0n) is 23.3. The molecule has 1 aromatic rings. The molecule has 3 fully saturated rings. The lowest BCUT2D eigenvalue weighted by molar-refractivity contribution is -0.182. The number of hydrogen-bond donors (Lipinski definition) is 2. The minimum absolute atomic E-state index is 0.0115. The van der Waals surface area contributed by atoms with E-state index in [1.807, 2.05) is 6.92 Å². The van der Waals surface area contributed by atoms with E-state index in [0.29, 0.717) is 19.3 Å². The van der Waals surface area contributed by atoms with Crippen LogP contribution in [0.3, 0.4) is 0 Å². The number of nitrogens with zero attached hydrogens (tertiary/aromatic N) is 1. The quantitative estimate of drug-likeness (QED) is 0.413. The van der Waals surface area contributed by atoms with Gasteiger partial charge in [-0.05, 0) is 86.0 Å². The van der Waals surface area contributed by atoms with Gasteiger partial charge in [0.25, 0.3) is 11.8 Å². The SMILES string of the molecule is CC12CCC(=O)C=C1CCC1C2C(O)CC2(C)C1CCC2(O)C(=O)COC(=O)c1cccc(N2C(=O)C=CC2=O)c1. The average Bonchev–Trinajstić information content (AvgIpc) is 3.42. The van der Waals surface area contributed by atoms with Crippen LogP contribution in [0.2, 0.25) is 0 Å². The van der Waals surface area contributed by atoms with Crippen LogP contribution < -0.4 is 4.90 Å². The molecule has 7 unspecified atom stereocenters. The zero-order chi connectivity index (χ0) is 29.3. The van der Waals surface area contributed by atoms with E-state index in [0.717, 1.165) is 35.5 Å². The van der Waals surface area contributed by atoms with Gasteiger partial charge in [0.15, 0.2) is 12.4 Å². The van der Waals surface area contributed by atoms with Crippen molar-refractivity contribution in [3.63, 3.8) is 0 Å². The smallest absolute Gasteiger partial charge is 0.338 e. The summed E-state index contributed by atoms with van der Waals surface area (Å²) in [5.41, 5.74) is -1.53. The summed E-state index contributed by atoms with van der Waals surface area (Å²) in [6.45, 7) is 3.40. The zero-order valence-corrected chi connectivity index (χ0v) is 23.3. The molecule has 0 bridgehead atoms. The third-order valence-electron chi connectivity index (χ3n) is 11.0. The number of benzene rings is 1. The highest BCUT2D eigenvalue weighted by molar-refractivity contribution is 6.28. The van der Waals surface area contributed by atoms with Crippen molar-refractivity contribution in [1.82, 2.24) is 0 Å². The fourth-order valence-electron chi connectivity index (χ4n) is 8.91. The van der Waals surface area contributed by atoms with Gasteiger partial charge in [0.1, 0.15) is 5.60 Å². The summed E-state index contributed by atoms with van der Waals surface area (Å²) in [6, 6.07) is 5.83. The van der Waals surface area contributed by atoms with Crippen LogP contribution in [0, 0.1) is 28.6 Å². The number of carbonyl (C=O) groups excluding carboxylic acids is 5. The number of rotatable bonds is 5. The van der Waals surface area contributed by atoms with Gasteiger partial charge < -0.3 is 14.9 Å². The van der Waals surface area contributed by atoms with Gasteiger partial charge in [-0.2, -0.15) is 0 Å². The molecule has 7 atom stereocenters. The Morgan fingerprint density at radius 3 is 2.51 bits per heavy atom. The number of imide groups is 1. The predicted octanol–water partition coefficient (Wildman–Crippen LogP) is 3.08. The molecule has 1 aromatic carbocycles. The van der Waals surface area contributed by atoms with Crippen LogP contribution in [0.25, 0.3) is 0 Å². The maximum Gasteiger partial charge on any atom is 0.338 e. The van der Waals surface area contributed by atoms with Gasteiger partial charge >= 0.3 is 5.97 Å². The van der Waals surface area contributed by atoms with Crippen LogP contribution in [0.15, 0.2) is 48.1 Å². The number of fused-ring (bicyclic) bond motifs is 5. The lowest BCUT2D eigenvalue weighted by Crippen LogP contribution is -2.62. The Hall–Kier alpha value is -3.43. The van der Waals surface area contributed by atoms with Crippen molar-refractivity contribution >= 4 is 35.0 Å². The first-order valence-electron chi connectivity index (χ1n) is 14.4. The standard InChI is InChI=1S/C32H35NO8/c1-30-12-10-21(34)15-19(30)6-7-22-23-11-13-32(40,31(23,2)16-24(35)28(22)30)25(36)17-41-29(39)18-4-3-5-20(14-18)33-26(37)8-9-27(33)38/h3-5,8-9,14-15,22-24,28,35,40H,6-7,10-13,16-17H2,1-2H3. The van der Waals surface area contributed by atoms with Crippen molar-refractivity contribution in [2.24, 2.45) is 28.6 Å². The molecule has 2 N–H and O–H groups in total. The Morgan fingerprint density at radius 2 is 1.78 bits per heavy atom. The Kier molecular flexibility index (Phi) is 6.46. The number of Topliss-reactive ketones (excluding diaryl/α,β-unsaturated/α-hetero) is 1. The molecule has 9 heteroatoms. The molecule has 3 saturated carbocycles. The topological polar surface area (TPSA) is 138 Å². The second kappa shape index (κ2) is 9.56. The Balaban J connectivity index is 1.17. The van der Waals surface area contributed by atoms with Crippen molar-refractivity contribution in [2.75, 3.05) is 11.5 Å². The molecule has 1 heterocycles. The molecule has 0 aromatic heterocycles. The summed E-state index contributed by atoms with van der Waals surface area (Å²) >= 11 is 0. The molecule has 4 aliphatic carbocycles. The molecule has 6 rings (SSSR count). The number of ether oxygens (including phenoxy) is 1. The number of aliphatic hydroxyl groups is 2. The minimum Gasteiger partial charge on any atom is -0.454 e. The van der Waals surface area contributed by atoms with Gasteiger partial charge in [-0.3, -0.25) is 19.2 Å². The van der Waals surface area contributed by atoms with E-state index in [4.69, 9.17) is 4.74 Å². The number of esters is 1. The predicted molar refractivity (Wildman–Crippen MR) is 146 cm³/mol. The molecule has 216 valence electrons. The van der Waals surface area contributed by atoms with E-state index in [1.54, 1.807) is 6.08 Å². The monoisotopic (exact) mass is 561 g/mol. The van der Waals surface area contributed by atoms with Gasteiger partial charge in [0.05, 0.1) is 17.4 Å². The highest BCUT2D eigenvalue weighted by Gasteiger charge is 2.68. The number of amides is 2. The van der Waals surface area contributed by atoms with Gasteiger partial charge in [0, 0.05) is 24.0 Å². The van der Waals surface area contributed by atoms with Gasteiger partial charge in [-0.15, -0.1) is 0 Å². The normalized spacial score (nSPS) is 37.8. The van der Waals surface area contributed by atoms with E-state index in [9.17, 15) is 34.2 Å². The van der Waals surface area contributed by atoms with Crippen LogP contribution in [-0.2, 0) is 23.9 Å². The maximum atomic E-state index is 13.6. The highest BCUT2D eigenvalue weighted by atomic mass is 16.5. The lowest BCUT2D eigenvalue weighted by atomic mass is 9.45. The largest absolute Gasteiger partial charge is 0.454 e. The summed E-state index contributed by atoms with van der Waals surface area (Å²) in [4.78, 5) is 63.5. The van der Waals surface area contributed by atoms with Gasteiger partial charge in [0.2, 0.25) is 5.78 Å². The second-order valence-corrected chi connectivity index (χ2v) is 12.9. The van der Waals surface area contributed by atoms with Crippen LogP contribution >= 0.6 is 0 Å². The Morgan fingerprint density at radius 1 is 1.05 bits per heavy atom. The number of carbonyl (C=O) groups is 5. The van der Waals surface area contributed by atoms with Crippen molar-refractivity contribution in [3.05, 3.63) is 53.6 Å². The van der Waals surface area contributed by atoms with Gasteiger partial charge in [-0.1, -0.05) is 25.5 Å². The summed E-state index contributed by atoms with van der Waals surface area (Å²) in [5, 5.41) is 23.4. The van der Waals surface area contributed by atoms with Crippen molar-refractivity contribution < 1.29 is 38.9 Å². The van der Waals surface area contributed by atoms with Crippen LogP contribution in [0.1, 0.15) is 69.2 Å². The maximum absolute atomic E-state index is 13.6. The minimum atomic E-state index is -1.76. The molecule has 0 spiro atoms. The number of hydrogen-bond acceptors (Lipinski definition) is 8. The lowest BCUT2D eigenvalue weighted by Gasteiger charge is -2.60. The fourth-order valence-corrected chi connectivity index (χ4v) is 8.91. The number of anilines is 1. The summed E-state index contributed by atoms with van der Waals surface area (Å²) in [7, 11) is 0. The van der Waals surface area contributed by atoms with Crippen LogP contribution in [-0.4, -0.2) is 57.9 Å². The first-order valence-corrected chi connectivity index (χ1v) is 14.4. The Labute approximate surface area is 238 Å². The molecule has 9 nitrogen and oxygen atoms in total. The third-order valence-corrected chi connectivity index (χ3v) is 11.0. The first-order chi connectivity index (χ1) is 19.4. The van der Waals surface area contributed by atoms with Crippen LogP contribution in [0.5, 0.6) is 0 Å². The fraction of sp³-hybridized carbons (Fsp3) is 0.531. The van der Waals surface area contributed by atoms with E-state index in [1.165, 1.54) is 24.3 Å². The summed E-state index contributed by atoms with van der Waals surface area (Å²) < 4.78 is 5.34. The molecule has 2 amide bonds. The van der Waals surface area contributed by atoms with Crippen molar-refractivity contribution in [1.29, 1.82) is 0 Å². The molecular weight excluding hydrogens is 526 g/mol. The van der Waals surface area contributed by atoms with E-state index < -0.39 is 47.3 Å². The van der Waals surface area contributed by atoms with Gasteiger partial charge in [-0.25, -0.2) is 9.69 Å². The van der Waals surface area contributed by atoms with Crippen molar-refractivity contribution in [3.8, 4) is 0 Å². The molecule has 0 radical (unpaired) electrons. The second-order valence-electron chi connectivity index (χ2n) is 12.9. The molecule has 0 saturated heterocycles. The molecular formula is C32H35NO8. The van der Waals surface area contributed by atoms with E-state index in [2.05, 4.69) is 6.92 Å². The Bertz CT molecular complexity index is 1410. The van der Waals surface area contributed by atoms with Crippen molar-refractivity contribution in [2.45, 2.75) is 70.5 Å². The number of ketones is 2.